The van der Waals surface area contributed by atoms with Gasteiger partial charge in [0.2, 0.25) is 0 Å². The van der Waals surface area contributed by atoms with Crippen LogP contribution in [-0.2, 0) is 6.54 Å². The van der Waals surface area contributed by atoms with Crippen molar-refractivity contribution in [1.29, 1.82) is 0 Å². The fourth-order valence-corrected chi connectivity index (χ4v) is 3.09. The minimum absolute atomic E-state index is 0.0778. The maximum atomic E-state index is 11.8. The second kappa shape index (κ2) is 8.05. The van der Waals surface area contributed by atoms with E-state index in [4.69, 9.17) is 0 Å². The lowest BCUT2D eigenvalue weighted by Gasteiger charge is -2.34. The van der Waals surface area contributed by atoms with Gasteiger partial charge in [0.25, 0.3) is 11.2 Å². The third kappa shape index (κ3) is 4.38. The topological polar surface area (TPSA) is 88.6 Å². The molecule has 0 radical (unpaired) electrons. The highest BCUT2D eigenvalue weighted by atomic mass is 16.6. The van der Waals surface area contributed by atoms with Gasteiger partial charge in [-0.3, -0.25) is 19.8 Å². The molecule has 1 aliphatic rings. The zero-order valence-corrected chi connectivity index (χ0v) is 12.7. The van der Waals surface area contributed by atoms with Gasteiger partial charge in [0.1, 0.15) is 0 Å². The number of aliphatic hydroxyl groups is 1. The van der Waals surface area contributed by atoms with Crippen molar-refractivity contribution in [2.75, 3.05) is 19.7 Å². The van der Waals surface area contributed by atoms with Crippen LogP contribution in [0.15, 0.2) is 23.1 Å². The van der Waals surface area contributed by atoms with Crippen molar-refractivity contribution < 1.29 is 10.0 Å². The fraction of sp³-hybridized carbons (Fsp3) is 0.667. The monoisotopic (exact) mass is 309 g/mol. The van der Waals surface area contributed by atoms with Crippen LogP contribution in [0.4, 0.5) is 5.69 Å². The van der Waals surface area contributed by atoms with E-state index >= 15 is 0 Å². The van der Waals surface area contributed by atoms with Crippen molar-refractivity contribution in [1.82, 2.24) is 9.47 Å². The summed E-state index contributed by atoms with van der Waals surface area (Å²) < 4.78 is 1.38. The van der Waals surface area contributed by atoms with E-state index < -0.39 is 4.92 Å². The highest BCUT2D eigenvalue weighted by molar-refractivity contribution is 5.24. The molecule has 2 rings (SSSR count). The number of nitrogens with zero attached hydrogens (tertiary/aromatic N) is 3. The van der Waals surface area contributed by atoms with Crippen LogP contribution >= 0.6 is 0 Å². The van der Waals surface area contributed by atoms with Crippen molar-refractivity contribution in [3.05, 3.63) is 38.8 Å². The molecule has 0 spiro atoms. The third-order valence-electron chi connectivity index (χ3n) is 4.29. The van der Waals surface area contributed by atoms with E-state index in [9.17, 15) is 20.0 Å². The highest BCUT2D eigenvalue weighted by Crippen LogP contribution is 2.22. The number of rotatable bonds is 7. The summed E-state index contributed by atoms with van der Waals surface area (Å²) in [6.45, 7) is 1.68. The van der Waals surface area contributed by atoms with Crippen molar-refractivity contribution in [2.24, 2.45) is 0 Å². The molecule has 1 aromatic heterocycles. The zero-order chi connectivity index (χ0) is 15.9. The summed E-state index contributed by atoms with van der Waals surface area (Å²) in [6.07, 6.45) is 7.18. The maximum Gasteiger partial charge on any atom is 0.285 e. The van der Waals surface area contributed by atoms with Crippen LogP contribution in [0, 0.1) is 10.1 Å². The van der Waals surface area contributed by atoms with Crippen LogP contribution < -0.4 is 5.56 Å². The maximum absolute atomic E-state index is 11.8. The van der Waals surface area contributed by atoms with Crippen molar-refractivity contribution in [2.45, 2.75) is 44.7 Å². The van der Waals surface area contributed by atoms with Gasteiger partial charge >= 0.3 is 0 Å². The molecule has 1 aliphatic carbocycles. The van der Waals surface area contributed by atoms with Gasteiger partial charge in [-0.15, -0.1) is 0 Å². The summed E-state index contributed by atoms with van der Waals surface area (Å²) in [4.78, 5) is 24.3. The van der Waals surface area contributed by atoms with Crippen LogP contribution in [0.3, 0.4) is 0 Å². The number of aromatic nitrogens is 1. The van der Waals surface area contributed by atoms with Crippen LogP contribution in [0.1, 0.15) is 32.1 Å². The normalized spacial score (nSPS) is 16.1. The molecule has 0 aromatic carbocycles. The SMILES string of the molecule is O=c1ccc([N+](=O)[O-])cn1CCN(CCO)C1CCCCC1. The Hall–Kier alpha value is -1.73. The lowest BCUT2D eigenvalue weighted by Crippen LogP contribution is -2.41. The van der Waals surface area contributed by atoms with Gasteiger partial charge in [0.15, 0.2) is 0 Å². The third-order valence-corrected chi connectivity index (χ3v) is 4.29. The van der Waals surface area contributed by atoms with E-state index in [1.807, 2.05) is 0 Å². The fourth-order valence-electron chi connectivity index (χ4n) is 3.09. The molecule has 122 valence electrons. The second-order valence-electron chi connectivity index (χ2n) is 5.73. The Kier molecular flexibility index (Phi) is 6.09. The zero-order valence-electron chi connectivity index (χ0n) is 12.7. The summed E-state index contributed by atoms with van der Waals surface area (Å²) in [5.41, 5.74) is -0.316. The first-order chi connectivity index (χ1) is 10.6. The van der Waals surface area contributed by atoms with E-state index in [0.29, 0.717) is 25.7 Å². The van der Waals surface area contributed by atoms with Crippen LogP contribution in [0.25, 0.3) is 0 Å². The van der Waals surface area contributed by atoms with Gasteiger partial charge in [-0.25, -0.2) is 0 Å². The summed E-state index contributed by atoms with van der Waals surface area (Å²) in [5, 5.41) is 20.0. The number of aliphatic hydroxyl groups excluding tert-OH is 1. The Morgan fingerprint density at radius 3 is 2.64 bits per heavy atom. The van der Waals surface area contributed by atoms with Gasteiger partial charge < -0.3 is 9.67 Å². The molecular formula is C15H23N3O4. The summed E-state index contributed by atoms with van der Waals surface area (Å²) >= 11 is 0. The molecule has 7 heteroatoms. The first kappa shape index (κ1) is 16.6. The quantitative estimate of drug-likeness (QED) is 0.607. The molecule has 0 atom stereocenters. The first-order valence-corrected chi connectivity index (χ1v) is 7.81. The molecule has 1 N–H and O–H groups in total. The summed E-state index contributed by atoms with van der Waals surface area (Å²) in [6, 6.07) is 2.90. The van der Waals surface area contributed by atoms with Crippen LogP contribution in [0.2, 0.25) is 0 Å². The first-order valence-electron chi connectivity index (χ1n) is 7.81. The Labute approximate surface area is 129 Å². The van der Waals surface area contributed by atoms with Gasteiger partial charge in [-0.05, 0) is 12.8 Å². The number of hydrogen-bond donors (Lipinski definition) is 1. The lowest BCUT2D eigenvalue weighted by atomic mass is 9.94. The van der Waals surface area contributed by atoms with Crippen molar-refractivity contribution in [3.63, 3.8) is 0 Å². The van der Waals surface area contributed by atoms with E-state index in [-0.39, 0.29) is 17.9 Å². The largest absolute Gasteiger partial charge is 0.395 e. The van der Waals surface area contributed by atoms with Gasteiger partial charge in [0.05, 0.1) is 17.7 Å². The molecule has 0 amide bonds. The minimum atomic E-state index is -0.497. The Bertz CT molecular complexity index is 552. The Morgan fingerprint density at radius 2 is 2.00 bits per heavy atom. The molecule has 1 fully saturated rings. The van der Waals surface area contributed by atoms with E-state index in [1.165, 1.54) is 42.2 Å². The Morgan fingerprint density at radius 1 is 1.27 bits per heavy atom. The van der Waals surface area contributed by atoms with Crippen molar-refractivity contribution >= 4 is 5.69 Å². The van der Waals surface area contributed by atoms with Gasteiger partial charge in [-0.2, -0.15) is 0 Å². The molecule has 22 heavy (non-hydrogen) atoms. The number of pyridine rings is 1. The molecule has 1 heterocycles. The summed E-state index contributed by atoms with van der Waals surface area (Å²) in [5.74, 6) is 0. The molecule has 0 bridgehead atoms. The van der Waals surface area contributed by atoms with E-state index in [2.05, 4.69) is 4.90 Å². The molecule has 1 aromatic rings. The van der Waals surface area contributed by atoms with E-state index in [1.54, 1.807) is 0 Å². The predicted octanol–water partition coefficient (Wildman–Crippen LogP) is 1.38. The molecule has 1 saturated carbocycles. The molecular weight excluding hydrogens is 286 g/mol. The molecule has 0 unspecified atom stereocenters. The smallest absolute Gasteiger partial charge is 0.285 e. The van der Waals surface area contributed by atoms with E-state index in [0.717, 1.165) is 12.8 Å². The molecule has 0 saturated heterocycles. The second-order valence-corrected chi connectivity index (χ2v) is 5.73. The number of hydrogen-bond acceptors (Lipinski definition) is 5. The average molecular weight is 309 g/mol. The van der Waals surface area contributed by atoms with Crippen LogP contribution in [-0.4, -0.2) is 45.2 Å². The number of nitro groups is 1. The standard InChI is InChI=1S/C15H23N3O4/c19-11-10-16(13-4-2-1-3-5-13)8-9-17-12-14(18(21)22)6-7-15(17)20/h6-7,12-13,19H,1-5,8-11H2. The average Bonchev–Trinajstić information content (AvgIpc) is 2.53. The summed E-state index contributed by atoms with van der Waals surface area (Å²) in [7, 11) is 0. The Balaban J connectivity index is 2.03. The molecule has 0 aliphatic heterocycles. The highest BCUT2D eigenvalue weighted by Gasteiger charge is 2.20. The molecule has 7 nitrogen and oxygen atoms in total. The minimum Gasteiger partial charge on any atom is -0.395 e. The van der Waals surface area contributed by atoms with Crippen LogP contribution in [0.5, 0.6) is 0 Å². The predicted molar refractivity (Wildman–Crippen MR) is 82.9 cm³/mol. The lowest BCUT2D eigenvalue weighted by molar-refractivity contribution is -0.385. The van der Waals surface area contributed by atoms with Gasteiger partial charge in [0, 0.05) is 37.8 Å². The van der Waals surface area contributed by atoms with Crippen molar-refractivity contribution in [3.8, 4) is 0 Å². The van der Waals surface area contributed by atoms with Gasteiger partial charge in [-0.1, -0.05) is 19.3 Å².